The summed E-state index contributed by atoms with van der Waals surface area (Å²) < 4.78 is 13.2. The molecule has 3 aromatic carbocycles. The summed E-state index contributed by atoms with van der Waals surface area (Å²) in [7, 11) is 1.55. The van der Waals surface area contributed by atoms with E-state index in [4.69, 9.17) is 14.5 Å². The van der Waals surface area contributed by atoms with E-state index >= 15 is 0 Å². The summed E-state index contributed by atoms with van der Waals surface area (Å²) in [6.07, 6.45) is 2.80. The number of fused-ring (bicyclic) bond motifs is 2. The minimum absolute atomic E-state index is 0.137. The smallest absolute Gasteiger partial charge is 0.338 e. The van der Waals surface area contributed by atoms with Crippen LogP contribution in [0.1, 0.15) is 55.2 Å². The molecule has 0 aliphatic carbocycles. The average Bonchev–Trinajstić information content (AvgIpc) is 3.37. The Kier molecular flexibility index (Phi) is 9.74. The molecule has 0 amide bonds. The molecule has 0 unspecified atom stereocenters. The number of thiazole rings is 1. The molecule has 0 bridgehead atoms. The minimum atomic E-state index is -0.897. The molecular formula is C36H33N5O6S2. The predicted octanol–water partition coefficient (Wildman–Crippen LogP) is 6.21. The van der Waals surface area contributed by atoms with Crippen molar-refractivity contribution < 1.29 is 19.2 Å². The van der Waals surface area contributed by atoms with E-state index in [1.165, 1.54) is 10.6 Å². The monoisotopic (exact) mass is 695 g/mol. The average molecular weight is 696 g/mol. The van der Waals surface area contributed by atoms with Gasteiger partial charge in [-0.2, -0.15) is 0 Å². The summed E-state index contributed by atoms with van der Waals surface area (Å²) in [4.78, 5) is 54.3. The molecule has 0 spiro atoms. The van der Waals surface area contributed by atoms with Crippen molar-refractivity contribution in [1.82, 2.24) is 14.5 Å². The molecule has 1 aliphatic rings. The van der Waals surface area contributed by atoms with Gasteiger partial charge in [-0.15, -0.1) is 0 Å². The normalized spacial score (nSPS) is 14.5. The molecule has 0 fully saturated rings. The van der Waals surface area contributed by atoms with Crippen molar-refractivity contribution in [2.45, 2.75) is 56.6 Å². The van der Waals surface area contributed by atoms with Crippen molar-refractivity contribution in [3.63, 3.8) is 0 Å². The number of carbonyl (C=O) groups excluding carboxylic acids is 1. The lowest BCUT2D eigenvalue weighted by atomic mass is 9.90. The van der Waals surface area contributed by atoms with Crippen molar-refractivity contribution in [1.29, 1.82) is 0 Å². The maximum atomic E-state index is 14.4. The Bertz CT molecular complexity index is 2330. The van der Waals surface area contributed by atoms with E-state index in [1.54, 1.807) is 32.2 Å². The van der Waals surface area contributed by atoms with E-state index in [2.05, 4.69) is 9.97 Å². The molecule has 13 heteroatoms. The van der Waals surface area contributed by atoms with Crippen LogP contribution in [0.5, 0.6) is 5.75 Å². The lowest BCUT2D eigenvalue weighted by Gasteiger charge is -2.28. The van der Waals surface area contributed by atoms with Gasteiger partial charge in [0.25, 0.3) is 11.2 Å². The van der Waals surface area contributed by atoms with E-state index in [0.717, 1.165) is 45.3 Å². The first kappa shape index (κ1) is 33.7. The van der Waals surface area contributed by atoms with Crippen LogP contribution in [-0.2, 0) is 9.53 Å². The van der Waals surface area contributed by atoms with Gasteiger partial charge < -0.3 is 9.47 Å². The number of benzene rings is 3. The van der Waals surface area contributed by atoms with Crippen molar-refractivity contribution in [2.24, 2.45) is 4.99 Å². The molecule has 0 saturated carbocycles. The Morgan fingerprint density at radius 2 is 1.84 bits per heavy atom. The van der Waals surface area contributed by atoms with Gasteiger partial charge in [0.1, 0.15) is 11.8 Å². The number of nitro groups is 1. The van der Waals surface area contributed by atoms with Crippen LogP contribution in [0.4, 0.5) is 5.69 Å². The zero-order valence-electron chi connectivity index (χ0n) is 27.6. The van der Waals surface area contributed by atoms with Gasteiger partial charge in [-0.1, -0.05) is 61.1 Å². The molecule has 11 nitrogen and oxygen atoms in total. The van der Waals surface area contributed by atoms with E-state index in [9.17, 15) is 19.7 Å². The number of hydrogen-bond donors (Lipinski definition) is 0. The van der Waals surface area contributed by atoms with Crippen LogP contribution >= 0.6 is 23.1 Å². The van der Waals surface area contributed by atoms with Crippen molar-refractivity contribution >= 4 is 51.6 Å². The van der Waals surface area contributed by atoms with E-state index < -0.39 is 22.5 Å². The third kappa shape index (κ3) is 6.63. The lowest BCUT2D eigenvalue weighted by molar-refractivity contribution is -0.387. The minimum Gasteiger partial charge on any atom is -0.496 e. The number of nitro benzene ring substituents is 1. The zero-order chi connectivity index (χ0) is 34.8. The summed E-state index contributed by atoms with van der Waals surface area (Å²) in [5.41, 5.74) is 2.91. The Balaban J connectivity index is 1.56. The largest absolute Gasteiger partial charge is 0.496 e. The number of esters is 1. The Hall–Kier alpha value is -5.14. The zero-order valence-corrected chi connectivity index (χ0v) is 29.2. The first-order chi connectivity index (χ1) is 23.6. The van der Waals surface area contributed by atoms with Crippen LogP contribution in [0.2, 0.25) is 0 Å². The standard InChI is InChI=1S/C36H33N5O6S2/c1-6-10-25-31(34(43)47-7-2)32(30-24-12-9-8-11-23(24)14-15-27(30)46-5)40-33(42)29(49-36(40)39-25)19-22-13-16-28(26(18-22)41(44)45)48-35-37-20(3)17-21(4)38-35/h8-9,11-19,32H,6-7,10H2,1-5H3/b29-19+/t32-/m0/s1. The summed E-state index contributed by atoms with van der Waals surface area (Å²) >= 11 is 2.27. The fourth-order valence-corrected chi connectivity index (χ4v) is 7.94. The number of aryl methyl sites for hydroxylation is 2. The SMILES string of the molecule is CCCC1=C(C(=O)OCC)[C@H](c2c(OC)ccc3ccccc23)n2c(s/c(=C/c3ccc(Sc4nc(C)cc(C)n4)c([N+](=O)[O-])c3)c2=O)=N1. The second-order valence-electron chi connectivity index (χ2n) is 11.3. The van der Waals surface area contributed by atoms with Gasteiger partial charge in [-0.3, -0.25) is 19.5 Å². The molecule has 1 aliphatic heterocycles. The highest BCUT2D eigenvalue weighted by atomic mass is 32.2. The van der Waals surface area contributed by atoms with Gasteiger partial charge >= 0.3 is 5.97 Å². The number of methoxy groups -OCH3 is 1. The molecule has 3 heterocycles. The molecule has 0 radical (unpaired) electrons. The third-order valence-electron chi connectivity index (χ3n) is 7.96. The highest BCUT2D eigenvalue weighted by Gasteiger charge is 2.37. The van der Waals surface area contributed by atoms with E-state index in [1.807, 2.05) is 63.2 Å². The van der Waals surface area contributed by atoms with Crippen LogP contribution in [0.25, 0.3) is 16.8 Å². The van der Waals surface area contributed by atoms with E-state index in [0.29, 0.717) is 54.8 Å². The molecular weight excluding hydrogens is 663 g/mol. The highest BCUT2D eigenvalue weighted by molar-refractivity contribution is 7.99. The molecule has 0 saturated heterocycles. The maximum absolute atomic E-state index is 14.4. The summed E-state index contributed by atoms with van der Waals surface area (Å²) in [6.45, 7) is 7.56. The van der Waals surface area contributed by atoms with Crippen LogP contribution in [-0.4, -0.2) is 39.1 Å². The number of aromatic nitrogens is 3. The number of rotatable bonds is 10. The Morgan fingerprint density at radius 1 is 1.08 bits per heavy atom. The quantitative estimate of drug-likeness (QED) is 0.0723. The van der Waals surface area contributed by atoms with Gasteiger partial charge in [0, 0.05) is 23.0 Å². The van der Waals surface area contributed by atoms with Gasteiger partial charge in [-0.25, -0.2) is 19.8 Å². The molecule has 0 N–H and O–H groups in total. The van der Waals surface area contributed by atoms with Crippen molar-refractivity contribution in [3.05, 3.63) is 124 Å². The van der Waals surface area contributed by atoms with Gasteiger partial charge in [0.05, 0.1) is 39.3 Å². The van der Waals surface area contributed by atoms with Gasteiger partial charge in [0.2, 0.25) is 0 Å². The number of ether oxygens (including phenoxy) is 2. The van der Waals surface area contributed by atoms with Crippen molar-refractivity contribution in [3.8, 4) is 5.75 Å². The first-order valence-electron chi connectivity index (χ1n) is 15.7. The van der Waals surface area contributed by atoms with Crippen LogP contribution in [0, 0.1) is 24.0 Å². The Labute approximate surface area is 289 Å². The summed E-state index contributed by atoms with van der Waals surface area (Å²) in [5, 5.41) is 14.3. The molecule has 49 heavy (non-hydrogen) atoms. The highest BCUT2D eigenvalue weighted by Crippen LogP contribution is 2.41. The lowest BCUT2D eigenvalue weighted by Crippen LogP contribution is -2.40. The van der Waals surface area contributed by atoms with Gasteiger partial charge in [0.15, 0.2) is 9.96 Å². The third-order valence-corrected chi connectivity index (χ3v) is 9.87. The number of carbonyl (C=O) groups is 1. The fraction of sp³-hybridized carbons (Fsp3) is 0.250. The van der Waals surface area contributed by atoms with Crippen LogP contribution in [0.15, 0.2) is 91.8 Å². The number of allylic oxidation sites excluding steroid dienone is 1. The maximum Gasteiger partial charge on any atom is 0.338 e. The molecule has 6 rings (SSSR count). The van der Waals surface area contributed by atoms with Gasteiger partial charge in [-0.05, 0) is 79.6 Å². The van der Waals surface area contributed by atoms with E-state index in [-0.39, 0.29) is 17.9 Å². The number of nitrogens with zero attached hydrogens (tertiary/aromatic N) is 5. The number of hydrogen-bond acceptors (Lipinski definition) is 11. The topological polar surface area (TPSA) is 139 Å². The Morgan fingerprint density at radius 3 is 2.53 bits per heavy atom. The van der Waals surface area contributed by atoms with Crippen molar-refractivity contribution in [2.75, 3.05) is 13.7 Å². The van der Waals surface area contributed by atoms with Crippen LogP contribution in [0.3, 0.4) is 0 Å². The second-order valence-corrected chi connectivity index (χ2v) is 13.4. The molecule has 5 aromatic rings. The fourth-order valence-electron chi connectivity index (χ4n) is 5.97. The molecule has 250 valence electrons. The summed E-state index contributed by atoms with van der Waals surface area (Å²) in [5.74, 6) is -0.0465. The second kappa shape index (κ2) is 14.1. The molecule has 2 aromatic heterocycles. The first-order valence-corrected chi connectivity index (χ1v) is 17.3. The summed E-state index contributed by atoms with van der Waals surface area (Å²) in [6, 6.07) is 17.2. The van der Waals surface area contributed by atoms with Crippen LogP contribution < -0.4 is 19.6 Å². The molecule has 1 atom stereocenters. The predicted molar refractivity (Wildman–Crippen MR) is 189 cm³/mol.